The van der Waals surface area contributed by atoms with E-state index >= 15 is 0 Å². The van der Waals surface area contributed by atoms with Crippen molar-refractivity contribution in [1.82, 2.24) is 4.57 Å². The number of hydrogen-bond donors (Lipinski definition) is 0. The standard InChI is InChI=1S/C45H27N3OS3/c1-46-41(31-18-12-24-37-43(31)52-36-23-11-10-22-35(36)50-37)39-29-16-5-8-20-33(29)49-45(39)47-25-48-32-19-7-4-15-28(32)38-26-13-2-3-14-27(26)44-40(42(38)48)30-17-6-9-21-34(30)51-44/h2-24H,1,25H2/b41-39-,47-45+. The summed E-state index contributed by atoms with van der Waals surface area (Å²) in [6, 6.07) is 49.5. The van der Waals surface area contributed by atoms with Gasteiger partial charge in [-0.25, -0.2) is 4.99 Å². The zero-order valence-corrected chi connectivity index (χ0v) is 30.1. The lowest BCUT2D eigenvalue weighted by atomic mass is 10.00. The fourth-order valence-corrected chi connectivity index (χ4v) is 11.5. The van der Waals surface area contributed by atoms with Gasteiger partial charge in [-0.05, 0) is 48.5 Å². The molecule has 246 valence electrons. The summed E-state index contributed by atoms with van der Waals surface area (Å²) in [6.07, 6.45) is 0. The maximum atomic E-state index is 6.64. The van der Waals surface area contributed by atoms with E-state index in [1.54, 1.807) is 23.5 Å². The highest BCUT2D eigenvalue weighted by molar-refractivity contribution is 8.05. The van der Waals surface area contributed by atoms with Gasteiger partial charge >= 0.3 is 0 Å². The first-order valence-electron chi connectivity index (χ1n) is 17.1. The number of benzene rings is 7. The van der Waals surface area contributed by atoms with E-state index in [1.807, 2.05) is 29.5 Å². The minimum absolute atomic E-state index is 0.365. The van der Waals surface area contributed by atoms with Gasteiger partial charge in [0.1, 0.15) is 12.4 Å². The van der Waals surface area contributed by atoms with Crippen LogP contribution in [0.25, 0.3) is 64.0 Å². The smallest absolute Gasteiger partial charge is 0.226 e. The van der Waals surface area contributed by atoms with E-state index in [0.717, 1.165) is 33.7 Å². The van der Waals surface area contributed by atoms with Crippen LogP contribution in [0.3, 0.4) is 0 Å². The highest BCUT2D eigenvalue weighted by Gasteiger charge is 2.31. The normalized spacial score (nSPS) is 15.3. The minimum Gasteiger partial charge on any atom is -0.438 e. The molecular formula is C45H27N3OS3. The lowest BCUT2D eigenvalue weighted by Gasteiger charge is -2.21. The Kier molecular flexibility index (Phi) is 6.77. The Labute approximate surface area is 311 Å². The van der Waals surface area contributed by atoms with Crippen LogP contribution in [0.2, 0.25) is 0 Å². The number of fused-ring (bicyclic) bond motifs is 13. The molecular weight excluding hydrogens is 695 g/mol. The molecule has 4 heterocycles. The molecule has 0 unspecified atom stereocenters. The number of ether oxygens (including phenoxy) is 1. The van der Waals surface area contributed by atoms with Crippen LogP contribution >= 0.6 is 34.9 Å². The van der Waals surface area contributed by atoms with Gasteiger partial charge in [0.15, 0.2) is 0 Å². The van der Waals surface area contributed by atoms with Crippen LogP contribution in [0.4, 0.5) is 0 Å². The molecule has 2 aliphatic heterocycles. The Morgan fingerprint density at radius 1 is 0.635 bits per heavy atom. The number of para-hydroxylation sites is 2. The zero-order chi connectivity index (χ0) is 34.3. The molecule has 9 aromatic rings. The third-order valence-corrected chi connectivity index (χ3v) is 13.9. The number of hydrogen-bond acceptors (Lipinski definition) is 6. The van der Waals surface area contributed by atoms with Crippen molar-refractivity contribution < 1.29 is 4.74 Å². The van der Waals surface area contributed by atoms with Crippen LogP contribution in [0.15, 0.2) is 169 Å². The number of aromatic nitrogens is 1. The SMILES string of the molecule is C=N/C(=C1\C(=N/Cn2c3ccccc3c3c4ccccc4c4sc5ccccc5c4c32)Oc2ccccc21)c1cccc2c1Sc1ccccc1S2. The summed E-state index contributed by atoms with van der Waals surface area (Å²) in [6.45, 7) is 4.49. The summed E-state index contributed by atoms with van der Waals surface area (Å²) in [5, 5.41) is 7.56. The lowest BCUT2D eigenvalue weighted by Crippen LogP contribution is -2.08. The quantitative estimate of drug-likeness (QED) is 0.170. The number of thiophene rings is 1. The van der Waals surface area contributed by atoms with E-state index in [4.69, 9.17) is 14.7 Å². The Bertz CT molecular complexity index is 3060. The average Bonchev–Trinajstić information content (AvgIpc) is 3.87. The van der Waals surface area contributed by atoms with Gasteiger partial charge in [-0.2, -0.15) is 0 Å². The first-order chi connectivity index (χ1) is 25.8. The van der Waals surface area contributed by atoms with E-state index in [1.165, 1.54) is 66.8 Å². The van der Waals surface area contributed by atoms with Crippen LogP contribution in [0.5, 0.6) is 5.75 Å². The molecule has 0 amide bonds. The van der Waals surface area contributed by atoms with E-state index < -0.39 is 0 Å². The first-order valence-corrected chi connectivity index (χ1v) is 19.6. The minimum atomic E-state index is 0.365. The molecule has 0 bridgehead atoms. The summed E-state index contributed by atoms with van der Waals surface area (Å²) < 4.78 is 11.6. The second-order valence-electron chi connectivity index (χ2n) is 12.9. The monoisotopic (exact) mass is 721 g/mol. The van der Waals surface area contributed by atoms with Gasteiger partial charge in [0, 0.05) is 67.0 Å². The van der Waals surface area contributed by atoms with Crippen LogP contribution in [-0.4, -0.2) is 17.2 Å². The predicted molar refractivity (Wildman–Crippen MR) is 222 cm³/mol. The van der Waals surface area contributed by atoms with Crippen molar-refractivity contribution in [2.45, 2.75) is 26.3 Å². The third kappa shape index (κ3) is 4.37. The highest BCUT2D eigenvalue weighted by atomic mass is 32.2. The molecule has 2 aliphatic rings. The van der Waals surface area contributed by atoms with Gasteiger partial charge in [0.25, 0.3) is 0 Å². The molecule has 0 radical (unpaired) electrons. The molecule has 4 nitrogen and oxygen atoms in total. The number of rotatable bonds is 4. The van der Waals surface area contributed by atoms with Crippen LogP contribution in [0, 0.1) is 0 Å². The number of nitrogens with zero attached hydrogens (tertiary/aromatic N) is 3. The Hall–Kier alpha value is -5.60. The summed E-state index contributed by atoms with van der Waals surface area (Å²) >= 11 is 5.45. The Balaban J connectivity index is 1.16. The maximum Gasteiger partial charge on any atom is 0.226 e. The fourth-order valence-electron chi connectivity index (χ4n) is 7.89. The van der Waals surface area contributed by atoms with Gasteiger partial charge in [0.05, 0.1) is 22.3 Å². The van der Waals surface area contributed by atoms with Gasteiger partial charge in [-0.1, -0.05) is 127 Å². The van der Waals surface area contributed by atoms with Crippen molar-refractivity contribution in [3.63, 3.8) is 0 Å². The zero-order valence-electron chi connectivity index (χ0n) is 27.7. The molecule has 0 aliphatic carbocycles. The van der Waals surface area contributed by atoms with Crippen molar-refractivity contribution in [2.75, 3.05) is 0 Å². The molecule has 52 heavy (non-hydrogen) atoms. The van der Waals surface area contributed by atoms with Crippen molar-refractivity contribution in [2.24, 2.45) is 9.98 Å². The van der Waals surface area contributed by atoms with E-state index in [-0.39, 0.29) is 0 Å². The molecule has 0 N–H and O–H groups in total. The molecule has 0 saturated carbocycles. The van der Waals surface area contributed by atoms with Crippen molar-refractivity contribution in [3.8, 4) is 5.75 Å². The predicted octanol–water partition coefficient (Wildman–Crippen LogP) is 12.9. The van der Waals surface area contributed by atoms with Crippen molar-refractivity contribution in [1.29, 1.82) is 0 Å². The second kappa shape index (κ2) is 11.7. The van der Waals surface area contributed by atoms with Crippen molar-refractivity contribution in [3.05, 3.63) is 151 Å². The van der Waals surface area contributed by atoms with Crippen molar-refractivity contribution >= 4 is 111 Å². The van der Waals surface area contributed by atoms with Gasteiger partial charge in [0.2, 0.25) is 5.90 Å². The van der Waals surface area contributed by atoms with Crippen LogP contribution in [-0.2, 0) is 6.67 Å². The molecule has 7 heteroatoms. The van der Waals surface area contributed by atoms with E-state index in [0.29, 0.717) is 12.6 Å². The van der Waals surface area contributed by atoms with Crippen LogP contribution in [0.1, 0.15) is 11.1 Å². The lowest BCUT2D eigenvalue weighted by molar-refractivity contribution is 0.561. The number of aliphatic imine (C=N–C) groups is 2. The van der Waals surface area contributed by atoms with Crippen LogP contribution < -0.4 is 4.74 Å². The molecule has 11 rings (SSSR count). The molecule has 0 atom stereocenters. The molecule has 0 saturated heterocycles. The molecule has 0 fully saturated rings. The fraction of sp³-hybridized carbons (Fsp3) is 0.0222. The summed E-state index contributed by atoms with van der Waals surface area (Å²) in [7, 11) is 0. The molecule has 0 spiro atoms. The third-order valence-electron chi connectivity index (χ3n) is 10.1. The molecule has 7 aromatic carbocycles. The van der Waals surface area contributed by atoms with E-state index in [9.17, 15) is 0 Å². The topological polar surface area (TPSA) is 38.9 Å². The van der Waals surface area contributed by atoms with Gasteiger partial charge < -0.3 is 9.30 Å². The highest BCUT2D eigenvalue weighted by Crippen LogP contribution is 2.52. The van der Waals surface area contributed by atoms with Gasteiger partial charge in [-0.15, -0.1) is 11.3 Å². The molecule has 2 aromatic heterocycles. The second-order valence-corrected chi connectivity index (χ2v) is 16.1. The van der Waals surface area contributed by atoms with E-state index in [2.05, 4.69) is 133 Å². The summed E-state index contributed by atoms with van der Waals surface area (Å²) in [5.41, 5.74) is 5.96. The summed E-state index contributed by atoms with van der Waals surface area (Å²) in [5.74, 6) is 1.32. The Morgan fingerprint density at radius 2 is 1.33 bits per heavy atom. The van der Waals surface area contributed by atoms with Gasteiger partial charge in [-0.3, -0.25) is 4.99 Å². The first kappa shape index (κ1) is 30.1. The maximum absolute atomic E-state index is 6.64. The average molecular weight is 722 g/mol. The largest absolute Gasteiger partial charge is 0.438 e. The Morgan fingerprint density at radius 3 is 2.19 bits per heavy atom. The summed E-state index contributed by atoms with van der Waals surface area (Å²) in [4.78, 5) is 15.0.